The van der Waals surface area contributed by atoms with Crippen LogP contribution in [0.1, 0.15) is 59.0 Å². The van der Waals surface area contributed by atoms with Gasteiger partial charge in [0.25, 0.3) is 5.22 Å². The smallest absolute Gasteiger partial charge is 0.277 e. The molecule has 1 amide bonds. The minimum atomic E-state index is -1.21. The number of hydrogen-bond donors (Lipinski definition) is 3. The van der Waals surface area contributed by atoms with E-state index in [1.54, 1.807) is 0 Å². The number of nitrogens with zero attached hydrogens (tertiary/aromatic N) is 2. The summed E-state index contributed by atoms with van der Waals surface area (Å²) in [5.74, 6) is 0.375. The molecule has 0 aliphatic heterocycles. The maximum atomic E-state index is 12.0. The normalized spacial score (nSPS) is 14.4. The molecule has 2 aromatic rings. The summed E-state index contributed by atoms with van der Waals surface area (Å²) in [5.41, 5.74) is 0.209. The lowest BCUT2D eigenvalue weighted by Crippen LogP contribution is -2.41. The summed E-state index contributed by atoms with van der Waals surface area (Å²) in [6, 6.07) is 9.32. The van der Waals surface area contributed by atoms with Gasteiger partial charge in [-0.2, -0.15) is 0 Å². The maximum Gasteiger partial charge on any atom is 0.277 e. The average molecular weight is 437 g/mol. The van der Waals surface area contributed by atoms with Crippen molar-refractivity contribution in [2.75, 3.05) is 5.75 Å². The molecule has 3 N–H and O–H groups in total. The lowest BCUT2D eigenvalue weighted by atomic mass is 10.1. The summed E-state index contributed by atoms with van der Waals surface area (Å²) < 4.78 is 11.3. The number of thioether (sulfide) groups is 1. The van der Waals surface area contributed by atoms with E-state index < -0.39 is 18.1 Å². The van der Waals surface area contributed by atoms with E-state index in [4.69, 9.17) is 9.15 Å². The first-order valence-corrected chi connectivity index (χ1v) is 10.8. The highest BCUT2D eigenvalue weighted by Crippen LogP contribution is 2.23. The zero-order chi connectivity index (χ0) is 22.4. The van der Waals surface area contributed by atoms with Crippen LogP contribution in [0.5, 0.6) is 0 Å². The fourth-order valence-electron chi connectivity index (χ4n) is 2.61. The summed E-state index contributed by atoms with van der Waals surface area (Å²) in [5, 5.41) is 24.6. The van der Waals surface area contributed by atoms with E-state index in [2.05, 4.69) is 20.8 Å². The van der Waals surface area contributed by atoms with Crippen molar-refractivity contribution >= 4 is 17.7 Å². The number of ether oxygens (including phenoxy) is 1. The van der Waals surface area contributed by atoms with Crippen LogP contribution in [0.2, 0.25) is 0 Å². The topological polar surface area (TPSA) is 110 Å². The monoisotopic (exact) mass is 436 g/mol. The van der Waals surface area contributed by atoms with Gasteiger partial charge >= 0.3 is 0 Å². The van der Waals surface area contributed by atoms with Crippen LogP contribution in [-0.4, -0.2) is 44.5 Å². The Morgan fingerprint density at radius 3 is 2.43 bits per heavy atom. The zero-order valence-corrected chi connectivity index (χ0v) is 19.2. The van der Waals surface area contributed by atoms with Gasteiger partial charge in [-0.05, 0) is 53.5 Å². The predicted molar refractivity (Wildman–Crippen MR) is 116 cm³/mol. The molecule has 1 aromatic carbocycles. The van der Waals surface area contributed by atoms with E-state index in [9.17, 15) is 9.90 Å². The first-order chi connectivity index (χ1) is 13.9. The van der Waals surface area contributed by atoms with Crippen LogP contribution in [0.15, 0.2) is 40.0 Å². The van der Waals surface area contributed by atoms with Gasteiger partial charge < -0.3 is 19.6 Å². The summed E-state index contributed by atoms with van der Waals surface area (Å²) in [6.07, 6.45) is -0.693. The summed E-state index contributed by atoms with van der Waals surface area (Å²) in [6.45, 7) is 11.3. The molecule has 0 saturated heterocycles. The summed E-state index contributed by atoms with van der Waals surface area (Å²) in [7, 11) is 0. The van der Waals surface area contributed by atoms with Crippen molar-refractivity contribution in [3.63, 3.8) is 0 Å². The first kappa shape index (κ1) is 24.3. The number of nitrogens with one attached hydrogen (secondary N) is 2. The highest BCUT2D eigenvalue weighted by molar-refractivity contribution is 7.99. The third-order valence-electron chi connectivity index (χ3n) is 3.65. The molecule has 0 spiro atoms. The Balaban J connectivity index is 2.07. The molecule has 1 unspecified atom stereocenters. The Bertz CT molecular complexity index is 799. The number of carbonyl (C=O) groups excluding carboxylic acids is 1. The molecule has 0 radical (unpaired) electrons. The van der Waals surface area contributed by atoms with Gasteiger partial charge in [-0.15, -0.1) is 10.2 Å². The number of aliphatic hydroxyl groups is 1. The highest BCUT2D eigenvalue weighted by Gasteiger charge is 2.25. The fraction of sp³-hybridized carbons (Fsp3) is 0.571. The Labute approximate surface area is 182 Å². The van der Waals surface area contributed by atoms with E-state index in [0.717, 1.165) is 5.56 Å². The molecule has 1 heterocycles. The number of aliphatic hydroxyl groups excluding tert-OH is 1. The molecular formula is C21H32N4O4S. The van der Waals surface area contributed by atoms with Gasteiger partial charge in [-0.3, -0.25) is 10.1 Å². The lowest BCUT2D eigenvalue weighted by molar-refractivity contribution is -0.186. The van der Waals surface area contributed by atoms with Crippen molar-refractivity contribution in [1.82, 2.24) is 20.8 Å². The Kier molecular flexibility index (Phi) is 8.42. The Morgan fingerprint density at radius 2 is 1.83 bits per heavy atom. The number of rotatable bonds is 9. The summed E-state index contributed by atoms with van der Waals surface area (Å²) in [4.78, 5) is 12.0. The number of aromatic nitrogens is 2. The third kappa shape index (κ3) is 9.25. The molecule has 0 saturated carbocycles. The van der Waals surface area contributed by atoms with Crippen molar-refractivity contribution in [3.05, 3.63) is 41.8 Å². The molecule has 1 aromatic heterocycles. The minimum Gasteiger partial charge on any atom is -0.414 e. The van der Waals surface area contributed by atoms with E-state index in [1.165, 1.54) is 11.8 Å². The Morgan fingerprint density at radius 1 is 1.17 bits per heavy atom. The van der Waals surface area contributed by atoms with Crippen LogP contribution in [0.25, 0.3) is 0 Å². The van der Waals surface area contributed by atoms with Gasteiger partial charge in [0.05, 0.1) is 17.4 Å². The van der Waals surface area contributed by atoms with E-state index in [0.29, 0.717) is 17.5 Å². The average Bonchev–Trinajstić information content (AvgIpc) is 3.06. The van der Waals surface area contributed by atoms with Crippen LogP contribution in [0, 0.1) is 0 Å². The SMILES string of the molecule is CC(C)(C)NC(=O)CSc1nnc([C@H](Cc2ccccc2)NC(O)OC(C)(C)C)o1. The van der Waals surface area contributed by atoms with Crippen molar-refractivity contribution in [2.24, 2.45) is 0 Å². The molecule has 166 valence electrons. The molecule has 2 atom stereocenters. The number of hydrogen-bond acceptors (Lipinski definition) is 8. The molecule has 0 fully saturated rings. The molecule has 8 nitrogen and oxygen atoms in total. The second-order valence-electron chi connectivity index (χ2n) is 8.98. The number of benzene rings is 1. The maximum absolute atomic E-state index is 12.0. The predicted octanol–water partition coefficient (Wildman–Crippen LogP) is 3.04. The molecule has 0 bridgehead atoms. The molecule has 0 aliphatic carbocycles. The molecular weight excluding hydrogens is 404 g/mol. The lowest BCUT2D eigenvalue weighted by Gasteiger charge is -2.27. The van der Waals surface area contributed by atoms with Crippen LogP contribution in [-0.2, 0) is 16.0 Å². The van der Waals surface area contributed by atoms with Gasteiger partial charge in [-0.1, -0.05) is 42.1 Å². The van der Waals surface area contributed by atoms with Gasteiger partial charge in [-0.25, -0.2) is 0 Å². The van der Waals surface area contributed by atoms with Crippen LogP contribution in [0.4, 0.5) is 0 Å². The number of carbonyl (C=O) groups is 1. The van der Waals surface area contributed by atoms with Crippen LogP contribution >= 0.6 is 11.8 Å². The van der Waals surface area contributed by atoms with Crippen molar-refractivity contribution in [3.8, 4) is 0 Å². The standard InChI is InChI=1S/C21H32N4O4S/c1-20(2,3)23-16(26)13-30-19-25-24-17(28-19)15(12-14-10-8-7-9-11-14)22-18(27)29-21(4,5)6/h7-11,15,18,22,27H,12-13H2,1-6H3,(H,23,26)/t15-,18?/m0/s1. The highest BCUT2D eigenvalue weighted by atomic mass is 32.2. The second kappa shape index (κ2) is 10.4. The molecule has 0 aliphatic rings. The largest absolute Gasteiger partial charge is 0.414 e. The second-order valence-corrected chi connectivity index (χ2v) is 9.91. The van der Waals surface area contributed by atoms with Gasteiger partial charge in [0.2, 0.25) is 18.2 Å². The van der Waals surface area contributed by atoms with Crippen LogP contribution < -0.4 is 10.6 Å². The fourth-order valence-corrected chi connectivity index (χ4v) is 3.18. The minimum absolute atomic E-state index is 0.111. The zero-order valence-electron chi connectivity index (χ0n) is 18.4. The molecule has 2 rings (SSSR count). The molecule has 9 heteroatoms. The van der Waals surface area contributed by atoms with Crippen molar-refractivity contribution < 1.29 is 19.1 Å². The van der Waals surface area contributed by atoms with Gasteiger partial charge in [0.15, 0.2) is 0 Å². The Hall–Kier alpha value is -1.94. The van der Waals surface area contributed by atoms with E-state index in [1.807, 2.05) is 71.9 Å². The quantitative estimate of drug-likeness (QED) is 0.406. The van der Waals surface area contributed by atoms with E-state index >= 15 is 0 Å². The first-order valence-electron chi connectivity index (χ1n) is 9.84. The van der Waals surface area contributed by atoms with Gasteiger partial charge in [0, 0.05) is 5.54 Å². The van der Waals surface area contributed by atoms with E-state index in [-0.39, 0.29) is 17.2 Å². The summed E-state index contributed by atoms with van der Waals surface area (Å²) >= 11 is 1.17. The van der Waals surface area contributed by atoms with Crippen molar-refractivity contribution in [1.29, 1.82) is 0 Å². The number of amides is 1. The van der Waals surface area contributed by atoms with Crippen molar-refractivity contribution in [2.45, 2.75) is 76.8 Å². The third-order valence-corrected chi connectivity index (χ3v) is 4.47. The van der Waals surface area contributed by atoms with Crippen LogP contribution in [0.3, 0.4) is 0 Å². The van der Waals surface area contributed by atoms with Gasteiger partial charge in [0.1, 0.15) is 0 Å². The molecule has 30 heavy (non-hydrogen) atoms.